The van der Waals surface area contributed by atoms with Crippen LogP contribution in [0.2, 0.25) is 0 Å². The number of rotatable bonds is 3. The maximum absolute atomic E-state index is 13.1. The van der Waals surface area contributed by atoms with Crippen LogP contribution in [0.1, 0.15) is 27.8 Å². The van der Waals surface area contributed by atoms with Gasteiger partial charge in [-0.15, -0.1) is 0 Å². The third-order valence-electron chi connectivity index (χ3n) is 4.41. The summed E-state index contributed by atoms with van der Waals surface area (Å²) in [5.74, 6) is 0. The topological polar surface area (TPSA) is 15.8 Å². The van der Waals surface area contributed by atoms with Crippen LogP contribution < -0.4 is 0 Å². The first-order chi connectivity index (χ1) is 14.1. The number of H-pyrrole nitrogens is 1. The second-order valence-electron chi connectivity index (χ2n) is 6.70. The van der Waals surface area contributed by atoms with Crippen LogP contribution in [0.3, 0.4) is 0 Å². The molecule has 0 unspecified atom stereocenters. The maximum Gasteiger partial charge on any atom is 0.416 e. The molecule has 0 amide bonds. The summed E-state index contributed by atoms with van der Waals surface area (Å²) in [6.45, 7) is 0. The van der Waals surface area contributed by atoms with Crippen molar-refractivity contribution in [2.75, 3.05) is 0 Å². The molecule has 0 aliphatic rings. The smallest absolute Gasteiger partial charge is 0.361 e. The van der Waals surface area contributed by atoms with E-state index >= 15 is 0 Å². The van der Waals surface area contributed by atoms with Crippen LogP contribution in [0, 0.1) is 3.57 Å². The van der Waals surface area contributed by atoms with E-state index in [4.69, 9.17) is 0 Å². The van der Waals surface area contributed by atoms with E-state index in [9.17, 15) is 39.5 Å². The highest BCUT2D eigenvalue weighted by Gasteiger charge is 2.37. The van der Waals surface area contributed by atoms with Crippen molar-refractivity contribution in [2.45, 2.75) is 24.9 Å². The van der Waals surface area contributed by atoms with Crippen LogP contribution in [-0.4, -0.2) is 4.98 Å². The molecule has 1 nitrogen and oxygen atoms in total. The standard InChI is InChI=1S/C20H11F9IN/c21-18(22,23)13-1-2-16(30)11(5-13)3-10-4-17(31-9-10)12-6-14(19(24,25)26)8-15(7-12)20(27,28)29/h1-2,4-9,31H,3H2. The number of halogens is 10. The lowest BCUT2D eigenvalue weighted by Crippen LogP contribution is -2.11. The minimum absolute atomic E-state index is 0.00375. The van der Waals surface area contributed by atoms with Gasteiger partial charge in [0.1, 0.15) is 0 Å². The Hall–Kier alpha value is -2.18. The molecule has 1 N–H and O–H groups in total. The third kappa shape index (κ3) is 5.55. The average Bonchev–Trinajstić information content (AvgIpc) is 3.09. The number of benzene rings is 2. The summed E-state index contributed by atoms with van der Waals surface area (Å²) < 4.78 is 118. The van der Waals surface area contributed by atoms with Gasteiger partial charge in [0.25, 0.3) is 0 Å². The number of hydrogen-bond acceptors (Lipinski definition) is 0. The van der Waals surface area contributed by atoms with Crippen LogP contribution in [-0.2, 0) is 24.9 Å². The lowest BCUT2D eigenvalue weighted by atomic mass is 10.0. The van der Waals surface area contributed by atoms with Crippen LogP contribution in [0.5, 0.6) is 0 Å². The third-order valence-corrected chi connectivity index (χ3v) is 5.46. The van der Waals surface area contributed by atoms with Gasteiger partial charge in [-0.25, -0.2) is 0 Å². The van der Waals surface area contributed by atoms with Crippen LogP contribution in [0.4, 0.5) is 39.5 Å². The SMILES string of the molecule is FC(F)(F)c1cc(-c2cc(Cc3cc(C(F)(F)F)ccc3I)c[nH]2)cc(C(F)(F)F)c1. The molecule has 0 saturated carbocycles. The van der Waals surface area contributed by atoms with E-state index in [1.165, 1.54) is 18.3 Å². The van der Waals surface area contributed by atoms with Crippen LogP contribution in [0.15, 0.2) is 48.7 Å². The van der Waals surface area contributed by atoms with Crippen molar-refractivity contribution in [3.63, 3.8) is 0 Å². The van der Waals surface area contributed by atoms with Crippen LogP contribution >= 0.6 is 22.6 Å². The number of aromatic amines is 1. The van der Waals surface area contributed by atoms with Gasteiger partial charge in [0.2, 0.25) is 0 Å². The Bertz CT molecular complexity index is 1060. The molecule has 0 aliphatic heterocycles. The predicted molar refractivity (Wildman–Crippen MR) is 103 cm³/mol. The van der Waals surface area contributed by atoms with Crippen molar-refractivity contribution in [2.24, 2.45) is 0 Å². The molecular weight excluding hydrogens is 552 g/mol. The fraction of sp³-hybridized carbons (Fsp3) is 0.200. The number of aromatic nitrogens is 1. The Balaban J connectivity index is 1.98. The summed E-state index contributed by atoms with van der Waals surface area (Å²) >= 11 is 1.85. The molecule has 0 saturated heterocycles. The first-order valence-corrected chi connectivity index (χ1v) is 9.55. The van der Waals surface area contributed by atoms with E-state index in [2.05, 4.69) is 4.98 Å². The van der Waals surface area contributed by atoms with Gasteiger partial charge in [-0.3, -0.25) is 0 Å². The summed E-state index contributed by atoms with van der Waals surface area (Å²) in [4.78, 5) is 2.60. The maximum atomic E-state index is 13.1. The fourth-order valence-electron chi connectivity index (χ4n) is 2.92. The Morgan fingerprint density at radius 2 is 1.23 bits per heavy atom. The molecule has 0 radical (unpaired) electrons. The zero-order chi connectivity index (χ0) is 23.2. The van der Waals surface area contributed by atoms with Crippen molar-refractivity contribution in [3.8, 4) is 11.3 Å². The summed E-state index contributed by atoms with van der Waals surface area (Å²) in [5, 5.41) is 0. The molecule has 0 bridgehead atoms. The Kier molecular flexibility index (Phi) is 6.11. The summed E-state index contributed by atoms with van der Waals surface area (Å²) in [5.41, 5.74) is -3.41. The molecule has 0 atom stereocenters. The van der Waals surface area contributed by atoms with E-state index in [-0.39, 0.29) is 23.7 Å². The lowest BCUT2D eigenvalue weighted by Gasteiger charge is -2.13. The largest absolute Gasteiger partial charge is 0.416 e. The molecule has 1 heterocycles. The number of hydrogen-bond donors (Lipinski definition) is 1. The molecule has 11 heteroatoms. The van der Waals surface area contributed by atoms with Gasteiger partial charge in [0.15, 0.2) is 0 Å². The fourth-order valence-corrected chi connectivity index (χ4v) is 3.45. The summed E-state index contributed by atoms with van der Waals surface area (Å²) in [7, 11) is 0. The van der Waals surface area contributed by atoms with E-state index in [0.29, 0.717) is 26.8 Å². The highest BCUT2D eigenvalue weighted by Crippen LogP contribution is 2.39. The van der Waals surface area contributed by atoms with Gasteiger partial charge < -0.3 is 4.98 Å². The van der Waals surface area contributed by atoms with Gasteiger partial charge in [-0.2, -0.15) is 39.5 Å². The van der Waals surface area contributed by atoms with Crippen molar-refractivity contribution in [1.82, 2.24) is 4.98 Å². The molecular formula is C20H11F9IN. The second kappa shape index (κ2) is 8.06. The Morgan fingerprint density at radius 1 is 0.677 bits per heavy atom. The number of nitrogens with one attached hydrogen (secondary N) is 1. The molecule has 166 valence electrons. The van der Waals surface area contributed by atoms with Gasteiger partial charge in [0.05, 0.1) is 16.7 Å². The molecule has 1 aromatic heterocycles. The van der Waals surface area contributed by atoms with Gasteiger partial charge in [-0.05, 0) is 81.7 Å². The second-order valence-corrected chi connectivity index (χ2v) is 7.86. The molecule has 3 aromatic rings. The first kappa shape index (κ1) is 23.5. The van der Waals surface area contributed by atoms with Crippen LogP contribution in [0.25, 0.3) is 11.3 Å². The van der Waals surface area contributed by atoms with E-state index in [1.54, 1.807) is 0 Å². The molecule has 2 aromatic carbocycles. The number of alkyl halides is 9. The quantitative estimate of drug-likeness (QED) is 0.246. The predicted octanol–water partition coefficient (Wildman–Crippen LogP) is 7.93. The van der Waals surface area contributed by atoms with Gasteiger partial charge in [-0.1, -0.05) is 0 Å². The first-order valence-electron chi connectivity index (χ1n) is 8.47. The summed E-state index contributed by atoms with van der Waals surface area (Å²) in [6, 6.07) is 5.67. The van der Waals surface area contributed by atoms with E-state index < -0.39 is 35.2 Å². The van der Waals surface area contributed by atoms with Gasteiger partial charge >= 0.3 is 18.5 Å². The highest BCUT2D eigenvalue weighted by atomic mass is 127. The van der Waals surface area contributed by atoms with E-state index in [1.807, 2.05) is 22.6 Å². The monoisotopic (exact) mass is 563 g/mol. The minimum Gasteiger partial charge on any atom is -0.361 e. The Morgan fingerprint density at radius 3 is 1.74 bits per heavy atom. The lowest BCUT2D eigenvalue weighted by molar-refractivity contribution is -0.143. The Labute approximate surface area is 183 Å². The van der Waals surface area contributed by atoms with Crippen molar-refractivity contribution in [3.05, 3.63) is 80.0 Å². The molecule has 3 rings (SSSR count). The normalized spacial score (nSPS) is 13.0. The summed E-state index contributed by atoms with van der Waals surface area (Å²) in [6.07, 6.45) is -13.2. The van der Waals surface area contributed by atoms with Crippen molar-refractivity contribution < 1.29 is 39.5 Å². The van der Waals surface area contributed by atoms with Crippen molar-refractivity contribution in [1.29, 1.82) is 0 Å². The molecule has 0 spiro atoms. The zero-order valence-electron chi connectivity index (χ0n) is 15.1. The van der Waals surface area contributed by atoms with E-state index in [0.717, 1.165) is 12.1 Å². The van der Waals surface area contributed by atoms with Crippen molar-refractivity contribution >= 4 is 22.6 Å². The molecule has 0 fully saturated rings. The minimum atomic E-state index is -4.99. The average molecular weight is 563 g/mol. The highest BCUT2D eigenvalue weighted by molar-refractivity contribution is 14.1. The zero-order valence-corrected chi connectivity index (χ0v) is 17.3. The van der Waals surface area contributed by atoms with Gasteiger partial charge in [0, 0.05) is 21.9 Å². The molecule has 0 aliphatic carbocycles. The molecule has 31 heavy (non-hydrogen) atoms.